The lowest BCUT2D eigenvalue weighted by atomic mass is 10.0. The lowest BCUT2D eigenvalue weighted by Crippen LogP contribution is -2.52. The first-order valence-electron chi connectivity index (χ1n) is 11.9. The smallest absolute Gasteiger partial charge is 0.255 e. The molecule has 10 nitrogen and oxygen atoms in total. The van der Waals surface area contributed by atoms with E-state index in [0.717, 1.165) is 12.0 Å². The van der Waals surface area contributed by atoms with Crippen LogP contribution in [0.15, 0.2) is 54.7 Å². The van der Waals surface area contributed by atoms with Gasteiger partial charge in [-0.15, -0.1) is 5.10 Å². The summed E-state index contributed by atoms with van der Waals surface area (Å²) in [7, 11) is 1.66. The van der Waals surface area contributed by atoms with Crippen LogP contribution in [-0.2, 0) is 33.9 Å². The summed E-state index contributed by atoms with van der Waals surface area (Å²) in [6.45, 7) is 0.910. The fraction of sp³-hybridized carbons (Fsp3) is 0.346. The number of aromatic nitrogens is 3. The number of fused-ring (bicyclic) bond motifs is 1. The number of nitrogens with zero attached hydrogens (tertiary/aromatic N) is 4. The minimum atomic E-state index is -0.669. The second-order valence-corrected chi connectivity index (χ2v) is 8.96. The summed E-state index contributed by atoms with van der Waals surface area (Å²) in [5.74, 6) is -0.427. The van der Waals surface area contributed by atoms with Gasteiger partial charge in [0, 0.05) is 24.7 Å². The average Bonchev–Trinajstić information content (AvgIpc) is 3.48. The summed E-state index contributed by atoms with van der Waals surface area (Å²) in [6.07, 6.45) is 3.12. The monoisotopic (exact) mass is 489 g/mol. The topological polar surface area (TPSA) is 116 Å². The van der Waals surface area contributed by atoms with Crippen LogP contribution < -0.4 is 10.1 Å². The van der Waals surface area contributed by atoms with Crippen LogP contribution in [0.25, 0.3) is 0 Å². The lowest BCUT2D eigenvalue weighted by molar-refractivity contribution is -0.136. The van der Waals surface area contributed by atoms with E-state index in [1.54, 1.807) is 30.0 Å². The van der Waals surface area contributed by atoms with Crippen LogP contribution in [0.1, 0.15) is 46.1 Å². The quantitative estimate of drug-likeness (QED) is 0.458. The van der Waals surface area contributed by atoms with Crippen molar-refractivity contribution in [2.75, 3.05) is 13.7 Å². The van der Waals surface area contributed by atoms with Crippen molar-refractivity contribution >= 4 is 17.7 Å². The maximum atomic E-state index is 13.0. The fourth-order valence-corrected chi connectivity index (χ4v) is 4.71. The SMILES string of the molecule is COC[C@@H](Cc1ccccc1)n1cc(COc2cccc3c2CN(C2CCC(=O)NC2=O)C3=O)nn1. The molecule has 1 fully saturated rings. The third kappa shape index (κ3) is 4.85. The predicted molar refractivity (Wildman–Crippen MR) is 128 cm³/mol. The maximum Gasteiger partial charge on any atom is 0.255 e. The number of amides is 3. The van der Waals surface area contributed by atoms with Crippen molar-refractivity contribution in [3.8, 4) is 5.75 Å². The van der Waals surface area contributed by atoms with E-state index in [9.17, 15) is 14.4 Å². The summed E-state index contributed by atoms with van der Waals surface area (Å²) in [4.78, 5) is 38.3. The molecule has 2 aliphatic heterocycles. The van der Waals surface area contributed by atoms with Gasteiger partial charge in [0.25, 0.3) is 5.91 Å². The van der Waals surface area contributed by atoms with Gasteiger partial charge in [0.1, 0.15) is 24.1 Å². The summed E-state index contributed by atoms with van der Waals surface area (Å²) in [5, 5.41) is 10.9. The number of rotatable bonds is 9. The Morgan fingerprint density at radius 1 is 1.11 bits per heavy atom. The number of benzene rings is 2. The highest BCUT2D eigenvalue weighted by molar-refractivity contribution is 6.05. The first-order chi connectivity index (χ1) is 17.5. The molecular weight excluding hydrogens is 462 g/mol. The first-order valence-corrected chi connectivity index (χ1v) is 11.9. The van der Waals surface area contributed by atoms with Gasteiger partial charge in [0.05, 0.1) is 25.4 Å². The molecule has 1 aromatic heterocycles. The van der Waals surface area contributed by atoms with Crippen molar-refractivity contribution in [2.24, 2.45) is 0 Å². The highest BCUT2D eigenvalue weighted by Crippen LogP contribution is 2.33. The second kappa shape index (κ2) is 10.3. The molecule has 2 atom stereocenters. The molecule has 3 aromatic rings. The van der Waals surface area contributed by atoms with Crippen LogP contribution in [0.3, 0.4) is 0 Å². The van der Waals surface area contributed by atoms with E-state index in [2.05, 4.69) is 27.8 Å². The van der Waals surface area contributed by atoms with E-state index in [0.29, 0.717) is 30.0 Å². The maximum absolute atomic E-state index is 13.0. The van der Waals surface area contributed by atoms with Gasteiger partial charge in [-0.05, 0) is 30.5 Å². The summed E-state index contributed by atoms with van der Waals surface area (Å²) >= 11 is 0. The first kappa shape index (κ1) is 23.7. The summed E-state index contributed by atoms with van der Waals surface area (Å²) in [5.41, 5.74) is 3.05. The zero-order valence-corrected chi connectivity index (χ0v) is 19.9. The van der Waals surface area contributed by atoms with Crippen LogP contribution in [0.2, 0.25) is 0 Å². The highest BCUT2D eigenvalue weighted by atomic mass is 16.5. The van der Waals surface area contributed by atoms with Gasteiger partial charge >= 0.3 is 0 Å². The van der Waals surface area contributed by atoms with Gasteiger partial charge in [0.15, 0.2) is 0 Å². The molecule has 0 saturated carbocycles. The van der Waals surface area contributed by atoms with Crippen LogP contribution >= 0.6 is 0 Å². The van der Waals surface area contributed by atoms with Crippen molar-refractivity contribution in [3.05, 3.63) is 77.1 Å². The summed E-state index contributed by atoms with van der Waals surface area (Å²) in [6, 6.07) is 14.7. The molecule has 1 unspecified atom stereocenters. The molecule has 3 heterocycles. The molecule has 0 radical (unpaired) electrons. The van der Waals surface area contributed by atoms with Crippen LogP contribution in [0, 0.1) is 0 Å². The molecule has 10 heteroatoms. The molecule has 0 aliphatic carbocycles. The number of hydrogen-bond donors (Lipinski definition) is 1. The van der Waals surface area contributed by atoms with E-state index in [-0.39, 0.29) is 37.4 Å². The van der Waals surface area contributed by atoms with Gasteiger partial charge in [0.2, 0.25) is 11.8 Å². The van der Waals surface area contributed by atoms with Gasteiger partial charge in [-0.3, -0.25) is 19.7 Å². The molecule has 3 amide bonds. The van der Waals surface area contributed by atoms with Crippen molar-refractivity contribution < 1.29 is 23.9 Å². The van der Waals surface area contributed by atoms with Gasteiger partial charge in [-0.25, -0.2) is 4.68 Å². The second-order valence-electron chi connectivity index (χ2n) is 8.96. The molecule has 0 spiro atoms. The molecule has 2 aliphatic rings. The number of piperidine rings is 1. The Labute approximate surface area is 208 Å². The normalized spacial score (nSPS) is 18.2. The average molecular weight is 490 g/mol. The van der Waals surface area contributed by atoms with Crippen molar-refractivity contribution in [3.63, 3.8) is 0 Å². The lowest BCUT2D eigenvalue weighted by Gasteiger charge is -2.29. The molecule has 36 heavy (non-hydrogen) atoms. The zero-order valence-electron chi connectivity index (χ0n) is 19.9. The minimum Gasteiger partial charge on any atom is -0.487 e. The van der Waals surface area contributed by atoms with E-state index in [1.807, 2.05) is 24.4 Å². The molecule has 186 valence electrons. The van der Waals surface area contributed by atoms with Crippen molar-refractivity contribution in [2.45, 2.75) is 44.5 Å². The van der Waals surface area contributed by atoms with Gasteiger partial charge in [-0.2, -0.15) is 0 Å². The number of nitrogens with one attached hydrogen (secondary N) is 1. The highest BCUT2D eigenvalue weighted by Gasteiger charge is 2.40. The number of ether oxygens (including phenoxy) is 2. The Balaban J connectivity index is 1.27. The van der Waals surface area contributed by atoms with E-state index in [1.165, 1.54) is 10.5 Å². The van der Waals surface area contributed by atoms with E-state index in [4.69, 9.17) is 9.47 Å². The number of imide groups is 1. The zero-order chi connectivity index (χ0) is 25.1. The standard InChI is InChI=1S/C26H27N5O5/c1-35-16-19(12-17-6-3-2-4-7-17)31-13-18(28-29-31)15-36-23-9-5-8-20-21(23)14-30(26(20)34)22-10-11-24(32)27-25(22)33/h2-9,13,19,22H,10-12,14-16H2,1H3,(H,27,32,33)/t19-,22?/m1/s1. The largest absolute Gasteiger partial charge is 0.487 e. The number of carbonyl (C=O) groups is 3. The Morgan fingerprint density at radius 2 is 1.94 bits per heavy atom. The van der Waals surface area contributed by atoms with Gasteiger partial charge in [-0.1, -0.05) is 41.6 Å². The van der Waals surface area contributed by atoms with E-state index < -0.39 is 11.9 Å². The Hall–Kier alpha value is -4.05. The number of carbonyl (C=O) groups excluding carboxylic acids is 3. The number of methoxy groups -OCH3 is 1. The van der Waals surface area contributed by atoms with Crippen LogP contribution in [-0.4, -0.2) is 57.4 Å². The van der Waals surface area contributed by atoms with Crippen LogP contribution in [0.4, 0.5) is 0 Å². The molecule has 0 bridgehead atoms. The Morgan fingerprint density at radius 3 is 2.72 bits per heavy atom. The molecule has 2 aromatic carbocycles. The van der Waals surface area contributed by atoms with E-state index >= 15 is 0 Å². The fourth-order valence-electron chi connectivity index (χ4n) is 4.71. The summed E-state index contributed by atoms with van der Waals surface area (Å²) < 4.78 is 13.2. The van der Waals surface area contributed by atoms with Crippen LogP contribution in [0.5, 0.6) is 5.75 Å². The third-order valence-electron chi connectivity index (χ3n) is 6.52. The molecular formula is C26H27N5O5. The molecule has 1 N–H and O–H groups in total. The Kier molecular flexibility index (Phi) is 6.77. The predicted octanol–water partition coefficient (Wildman–Crippen LogP) is 2.05. The van der Waals surface area contributed by atoms with Crippen molar-refractivity contribution in [1.29, 1.82) is 0 Å². The number of hydrogen-bond acceptors (Lipinski definition) is 7. The molecule has 5 rings (SSSR count). The Bertz CT molecular complexity index is 1270. The van der Waals surface area contributed by atoms with Crippen molar-refractivity contribution in [1.82, 2.24) is 25.2 Å². The van der Waals surface area contributed by atoms with Gasteiger partial charge < -0.3 is 14.4 Å². The minimum absolute atomic E-state index is 0.0145. The molecule has 1 saturated heterocycles. The third-order valence-corrected chi connectivity index (χ3v) is 6.52.